The Hall–Kier alpha value is -0.163. The van der Waals surface area contributed by atoms with E-state index in [9.17, 15) is 5.11 Å². The lowest BCUT2D eigenvalue weighted by atomic mass is 10.4. The normalized spacial score (nSPS) is 27.7. The smallest absolute Gasteiger partial charge is 0.209 e. The first kappa shape index (κ1) is 9.92. The molecule has 1 rings (SSSR count). The first-order chi connectivity index (χ1) is 5.84. The van der Waals surface area contributed by atoms with Gasteiger partial charge >= 0.3 is 0 Å². The van der Waals surface area contributed by atoms with Gasteiger partial charge in [-0.05, 0) is 12.5 Å². The molecule has 3 nitrogen and oxygen atoms in total. The van der Waals surface area contributed by atoms with E-state index in [1.807, 2.05) is 0 Å². The summed E-state index contributed by atoms with van der Waals surface area (Å²) in [6.07, 6.45) is 5.54. The van der Waals surface area contributed by atoms with Crippen LogP contribution in [0.2, 0.25) is 6.04 Å². The van der Waals surface area contributed by atoms with Crippen molar-refractivity contribution < 1.29 is 14.6 Å². The second kappa shape index (κ2) is 5.48. The van der Waals surface area contributed by atoms with Crippen LogP contribution in [0.5, 0.6) is 0 Å². The zero-order chi connectivity index (χ0) is 8.81. The van der Waals surface area contributed by atoms with Gasteiger partial charge in [-0.15, -0.1) is 0 Å². The molecule has 0 aromatic carbocycles. The van der Waals surface area contributed by atoms with Crippen LogP contribution in [0.25, 0.3) is 0 Å². The van der Waals surface area contributed by atoms with Crippen molar-refractivity contribution >= 4 is 9.04 Å². The van der Waals surface area contributed by atoms with Gasteiger partial charge < -0.3 is 14.6 Å². The quantitative estimate of drug-likeness (QED) is 0.483. The Kier molecular flexibility index (Phi) is 4.53. The van der Waals surface area contributed by atoms with Crippen LogP contribution in [0.4, 0.5) is 0 Å². The Morgan fingerprint density at radius 2 is 2.33 bits per heavy atom. The van der Waals surface area contributed by atoms with Crippen molar-refractivity contribution in [3.63, 3.8) is 0 Å². The highest BCUT2D eigenvalue weighted by Gasteiger charge is 2.22. The Morgan fingerprint density at radius 1 is 1.50 bits per heavy atom. The van der Waals surface area contributed by atoms with Crippen LogP contribution in [-0.4, -0.2) is 38.2 Å². The van der Waals surface area contributed by atoms with Crippen LogP contribution in [0.3, 0.4) is 0 Å². The number of aliphatic hydroxyl groups is 2. The van der Waals surface area contributed by atoms with Gasteiger partial charge in [-0.3, -0.25) is 0 Å². The van der Waals surface area contributed by atoms with Gasteiger partial charge in [0, 0.05) is 6.61 Å². The van der Waals surface area contributed by atoms with Crippen LogP contribution >= 0.6 is 0 Å². The van der Waals surface area contributed by atoms with Gasteiger partial charge in [0.2, 0.25) is 9.04 Å². The summed E-state index contributed by atoms with van der Waals surface area (Å²) in [6, 6.07) is 1.05. The molecule has 0 radical (unpaired) electrons. The summed E-state index contributed by atoms with van der Waals surface area (Å²) >= 11 is 0. The number of hydrogen-bond acceptors (Lipinski definition) is 3. The molecule has 1 aliphatic rings. The molecule has 1 aliphatic heterocycles. The third-order valence-electron chi connectivity index (χ3n) is 2.03. The maximum absolute atomic E-state index is 9.54. The molecule has 1 fully saturated rings. The summed E-state index contributed by atoms with van der Waals surface area (Å²) in [6.45, 7) is 0.805. The summed E-state index contributed by atoms with van der Waals surface area (Å²) in [4.78, 5) is 0. The number of aliphatic hydroxyl groups excluding tert-OH is 2. The van der Waals surface area contributed by atoms with Crippen molar-refractivity contribution in [3.05, 3.63) is 12.2 Å². The van der Waals surface area contributed by atoms with Gasteiger partial charge in [-0.2, -0.15) is 0 Å². The molecule has 0 aliphatic carbocycles. The van der Waals surface area contributed by atoms with Gasteiger partial charge in [0.1, 0.15) is 0 Å². The van der Waals surface area contributed by atoms with E-state index in [1.165, 1.54) is 6.42 Å². The average molecular weight is 188 g/mol. The van der Waals surface area contributed by atoms with Gasteiger partial charge in [0.15, 0.2) is 0 Å². The largest absolute Gasteiger partial charge is 0.417 e. The molecular formula is C8H16O3Si. The van der Waals surface area contributed by atoms with Crippen LogP contribution in [0.15, 0.2) is 12.2 Å². The molecule has 0 aromatic rings. The van der Waals surface area contributed by atoms with Gasteiger partial charge in [-0.25, -0.2) is 0 Å². The molecule has 1 heterocycles. The summed E-state index contributed by atoms with van der Waals surface area (Å²) in [5.41, 5.74) is -0.419. The Morgan fingerprint density at radius 3 is 2.92 bits per heavy atom. The summed E-state index contributed by atoms with van der Waals surface area (Å²) in [7, 11) is -1.39. The van der Waals surface area contributed by atoms with Gasteiger partial charge in [-0.1, -0.05) is 18.6 Å². The van der Waals surface area contributed by atoms with Crippen LogP contribution in [-0.2, 0) is 4.43 Å². The Bertz CT molecular complexity index is 143. The molecule has 0 aromatic heterocycles. The van der Waals surface area contributed by atoms with Crippen molar-refractivity contribution in [2.45, 2.75) is 24.6 Å². The molecule has 0 spiro atoms. The predicted molar refractivity (Wildman–Crippen MR) is 49.4 cm³/mol. The molecule has 2 atom stereocenters. The molecule has 4 heteroatoms. The third kappa shape index (κ3) is 3.06. The first-order valence-corrected chi connectivity index (χ1v) is 6.37. The monoisotopic (exact) mass is 188 g/mol. The van der Waals surface area contributed by atoms with E-state index in [0.717, 1.165) is 19.1 Å². The lowest BCUT2D eigenvalue weighted by molar-refractivity contribution is 0.218. The molecule has 12 heavy (non-hydrogen) atoms. The van der Waals surface area contributed by atoms with Crippen molar-refractivity contribution in [3.8, 4) is 0 Å². The Labute approximate surface area is 74.4 Å². The molecular weight excluding hydrogens is 172 g/mol. The first-order valence-electron chi connectivity index (χ1n) is 4.42. The van der Waals surface area contributed by atoms with E-state index in [0.29, 0.717) is 0 Å². The highest BCUT2D eigenvalue weighted by atomic mass is 28.3. The minimum absolute atomic E-state index is 0.00181. The zero-order valence-electron chi connectivity index (χ0n) is 7.15. The molecule has 0 bridgehead atoms. The number of hydrogen-bond donors (Lipinski definition) is 2. The maximum atomic E-state index is 9.54. The van der Waals surface area contributed by atoms with Crippen molar-refractivity contribution in [1.82, 2.24) is 0 Å². The standard InChI is InChI=1S/C8H16O3Si/c9-5-3-4-8(10)12-7-2-1-6-11-12/h3-4,8-10,12H,1-2,5-7H2/b4-3+. The molecule has 1 saturated heterocycles. The fourth-order valence-electron chi connectivity index (χ4n) is 1.36. The van der Waals surface area contributed by atoms with E-state index in [1.54, 1.807) is 12.2 Å². The highest BCUT2D eigenvalue weighted by molar-refractivity contribution is 6.54. The summed E-state index contributed by atoms with van der Waals surface area (Å²) in [5.74, 6) is 0. The van der Waals surface area contributed by atoms with Crippen LogP contribution < -0.4 is 0 Å². The van der Waals surface area contributed by atoms with E-state index in [4.69, 9.17) is 9.53 Å². The van der Waals surface area contributed by atoms with Crippen LogP contribution in [0.1, 0.15) is 12.8 Å². The van der Waals surface area contributed by atoms with E-state index in [2.05, 4.69) is 0 Å². The van der Waals surface area contributed by atoms with E-state index in [-0.39, 0.29) is 6.61 Å². The van der Waals surface area contributed by atoms with Gasteiger partial charge in [0.25, 0.3) is 0 Å². The minimum Gasteiger partial charge on any atom is -0.417 e. The fourth-order valence-corrected chi connectivity index (χ4v) is 3.63. The summed E-state index contributed by atoms with van der Waals surface area (Å²) in [5, 5.41) is 18.0. The lowest BCUT2D eigenvalue weighted by Gasteiger charge is -2.23. The number of rotatable bonds is 3. The van der Waals surface area contributed by atoms with Crippen molar-refractivity contribution in [2.24, 2.45) is 0 Å². The molecule has 2 unspecified atom stereocenters. The third-order valence-corrected chi connectivity index (χ3v) is 4.66. The second-order valence-corrected chi connectivity index (χ2v) is 5.68. The minimum atomic E-state index is -1.39. The fraction of sp³-hybridized carbons (Fsp3) is 0.750. The predicted octanol–water partition coefficient (Wildman–Crippen LogP) is -0.0308. The lowest BCUT2D eigenvalue weighted by Crippen LogP contribution is -2.35. The van der Waals surface area contributed by atoms with Crippen molar-refractivity contribution in [1.29, 1.82) is 0 Å². The molecule has 0 amide bonds. The summed E-state index contributed by atoms with van der Waals surface area (Å²) < 4.78 is 5.49. The molecule has 0 saturated carbocycles. The maximum Gasteiger partial charge on any atom is 0.209 e. The molecule has 70 valence electrons. The average Bonchev–Trinajstić information content (AvgIpc) is 2.15. The van der Waals surface area contributed by atoms with E-state index < -0.39 is 14.8 Å². The molecule has 2 N–H and O–H groups in total. The van der Waals surface area contributed by atoms with Crippen LogP contribution in [0, 0.1) is 0 Å². The SMILES string of the molecule is OC/C=C/C(O)[SiH]1CCCCO1. The second-order valence-electron chi connectivity index (χ2n) is 3.01. The Balaban J connectivity index is 2.29. The van der Waals surface area contributed by atoms with Crippen molar-refractivity contribution in [2.75, 3.05) is 13.2 Å². The highest BCUT2D eigenvalue weighted by Crippen LogP contribution is 2.13. The zero-order valence-corrected chi connectivity index (χ0v) is 8.30. The van der Waals surface area contributed by atoms with E-state index >= 15 is 0 Å². The topological polar surface area (TPSA) is 49.7 Å². The van der Waals surface area contributed by atoms with Gasteiger partial charge in [0.05, 0.1) is 12.3 Å².